The Kier molecular flexibility index (Phi) is 8.59. The Hall–Kier alpha value is -1.59. The maximum absolute atomic E-state index is 11.6. The van der Waals surface area contributed by atoms with Crippen LogP contribution in [0.15, 0.2) is 0 Å². The molecule has 0 aliphatic heterocycles. The van der Waals surface area contributed by atoms with E-state index in [1.165, 1.54) is 20.8 Å². The molecule has 20 heavy (non-hydrogen) atoms. The summed E-state index contributed by atoms with van der Waals surface area (Å²) in [6.07, 6.45) is 0.896. The van der Waals surface area contributed by atoms with Gasteiger partial charge in [0, 0.05) is 60.5 Å². The third kappa shape index (κ3) is 7.11. The Labute approximate surface area is 121 Å². The van der Waals surface area contributed by atoms with E-state index in [9.17, 15) is 14.4 Å². The quantitative estimate of drug-likeness (QED) is 0.655. The van der Waals surface area contributed by atoms with Crippen molar-refractivity contribution in [2.75, 3.05) is 39.8 Å². The van der Waals surface area contributed by atoms with Gasteiger partial charge in [0.15, 0.2) is 0 Å². The zero-order chi connectivity index (χ0) is 15.7. The number of amides is 3. The second-order valence-corrected chi connectivity index (χ2v) is 4.95. The van der Waals surface area contributed by atoms with Crippen LogP contribution in [0.3, 0.4) is 0 Å². The number of carbonyl (C=O) groups is 3. The Morgan fingerprint density at radius 2 is 1.10 bits per heavy atom. The molecule has 0 bridgehead atoms. The first-order valence-corrected chi connectivity index (χ1v) is 7.02. The Morgan fingerprint density at radius 1 is 0.700 bits per heavy atom. The summed E-state index contributed by atoms with van der Waals surface area (Å²) in [6, 6.07) is 0. The summed E-state index contributed by atoms with van der Waals surface area (Å²) in [4.78, 5) is 39.1. The summed E-state index contributed by atoms with van der Waals surface area (Å²) in [5.74, 6) is -0.0389. The second-order valence-electron chi connectivity index (χ2n) is 4.95. The zero-order valence-electron chi connectivity index (χ0n) is 13.3. The second kappa shape index (κ2) is 9.34. The third-order valence-electron chi connectivity index (χ3n) is 3.27. The van der Waals surface area contributed by atoms with Crippen LogP contribution < -0.4 is 0 Å². The average Bonchev–Trinajstić information content (AvgIpc) is 2.35. The Morgan fingerprint density at radius 3 is 1.45 bits per heavy atom. The van der Waals surface area contributed by atoms with Gasteiger partial charge < -0.3 is 14.7 Å². The summed E-state index contributed by atoms with van der Waals surface area (Å²) in [7, 11) is 1.71. The van der Waals surface area contributed by atoms with Gasteiger partial charge in [-0.1, -0.05) is 6.92 Å². The Bertz CT molecular complexity index is 345. The van der Waals surface area contributed by atoms with Gasteiger partial charge in [0.1, 0.15) is 0 Å². The van der Waals surface area contributed by atoms with Crippen molar-refractivity contribution in [3.05, 3.63) is 0 Å². The number of carbonyl (C=O) groups excluding carboxylic acids is 3. The van der Waals surface area contributed by atoms with Gasteiger partial charge in [-0.3, -0.25) is 14.4 Å². The summed E-state index contributed by atoms with van der Waals surface area (Å²) >= 11 is 0. The molecule has 0 radical (unpaired) electrons. The molecule has 0 rings (SSSR count). The summed E-state index contributed by atoms with van der Waals surface area (Å²) in [6.45, 7) is 9.29. The van der Waals surface area contributed by atoms with Crippen molar-refractivity contribution in [3.8, 4) is 0 Å². The first kappa shape index (κ1) is 18.4. The van der Waals surface area contributed by atoms with E-state index in [0.29, 0.717) is 32.7 Å². The van der Waals surface area contributed by atoms with E-state index >= 15 is 0 Å². The van der Waals surface area contributed by atoms with Crippen LogP contribution in [-0.2, 0) is 14.4 Å². The van der Waals surface area contributed by atoms with Crippen molar-refractivity contribution < 1.29 is 14.4 Å². The zero-order valence-corrected chi connectivity index (χ0v) is 13.3. The number of hydrogen-bond acceptors (Lipinski definition) is 3. The number of hydrogen-bond donors (Lipinski definition) is 0. The van der Waals surface area contributed by atoms with Gasteiger partial charge in [0.2, 0.25) is 17.7 Å². The number of nitrogens with zero attached hydrogens (tertiary/aromatic N) is 3. The highest BCUT2D eigenvalue weighted by atomic mass is 16.2. The predicted molar refractivity (Wildman–Crippen MR) is 78.1 cm³/mol. The van der Waals surface area contributed by atoms with Crippen LogP contribution in [0, 0.1) is 0 Å². The minimum atomic E-state index is -0.0399. The molecular weight excluding hydrogens is 258 g/mol. The van der Waals surface area contributed by atoms with E-state index in [1.54, 1.807) is 21.7 Å². The molecular formula is C14H27N3O3. The van der Waals surface area contributed by atoms with Crippen molar-refractivity contribution in [2.45, 2.75) is 34.1 Å². The minimum Gasteiger partial charge on any atom is -0.344 e. The maximum atomic E-state index is 11.6. The molecule has 0 N–H and O–H groups in total. The largest absolute Gasteiger partial charge is 0.344 e. The monoisotopic (exact) mass is 285 g/mol. The lowest BCUT2D eigenvalue weighted by Crippen LogP contribution is -2.43. The highest BCUT2D eigenvalue weighted by Crippen LogP contribution is 1.97. The number of likely N-dealkylation sites (N-methyl/N-ethyl adjacent to an activating group) is 1. The molecule has 0 aromatic heterocycles. The van der Waals surface area contributed by atoms with Gasteiger partial charge in [-0.25, -0.2) is 0 Å². The maximum Gasteiger partial charge on any atom is 0.219 e. The molecule has 116 valence electrons. The first-order chi connectivity index (χ1) is 9.29. The topological polar surface area (TPSA) is 60.9 Å². The molecule has 0 aliphatic carbocycles. The molecule has 0 heterocycles. The molecule has 0 aromatic carbocycles. The van der Waals surface area contributed by atoms with E-state index in [1.807, 2.05) is 6.92 Å². The Balaban J connectivity index is 4.36. The van der Waals surface area contributed by atoms with E-state index in [0.717, 1.165) is 6.42 Å². The van der Waals surface area contributed by atoms with Crippen LogP contribution in [0.4, 0.5) is 0 Å². The molecule has 0 unspecified atom stereocenters. The summed E-state index contributed by atoms with van der Waals surface area (Å²) in [5.41, 5.74) is 0. The fourth-order valence-corrected chi connectivity index (χ4v) is 1.79. The van der Waals surface area contributed by atoms with Crippen LogP contribution in [-0.4, -0.2) is 72.2 Å². The lowest BCUT2D eigenvalue weighted by molar-refractivity contribution is -0.134. The van der Waals surface area contributed by atoms with Gasteiger partial charge >= 0.3 is 0 Å². The predicted octanol–water partition coefficient (Wildman–Crippen LogP) is 0.572. The molecule has 6 nitrogen and oxygen atoms in total. The summed E-state index contributed by atoms with van der Waals surface area (Å²) in [5, 5.41) is 0. The standard InChI is InChI=1S/C14H27N3O3/c1-6-7-16(13(3)19)10-11-17(14(4)20)9-8-15(5)12(2)18/h6-11H2,1-5H3. The molecule has 0 atom stereocenters. The molecule has 3 amide bonds. The lowest BCUT2D eigenvalue weighted by Gasteiger charge is -2.27. The van der Waals surface area contributed by atoms with Crippen molar-refractivity contribution >= 4 is 17.7 Å². The minimum absolute atomic E-state index is 0.0233. The smallest absolute Gasteiger partial charge is 0.219 e. The van der Waals surface area contributed by atoms with Crippen molar-refractivity contribution in [2.24, 2.45) is 0 Å². The van der Waals surface area contributed by atoms with Gasteiger partial charge in [-0.15, -0.1) is 0 Å². The van der Waals surface area contributed by atoms with E-state index < -0.39 is 0 Å². The van der Waals surface area contributed by atoms with Gasteiger partial charge in [-0.2, -0.15) is 0 Å². The van der Waals surface area contributed by atoms with E-state index in [4.69, 9.17) is 0 Å². The number of rotatable bonds is 8. The molecule has 0 aromatic rings. The molecule has 0 fully saturated rings. The van der Waals surface area contributed by atoms with Gasteiger partial charge in [0.25, 0.3) is 0 Å². The van der Waals surface area contributed by atoms with E-state index in [-0.39, 0.29) is 17.7 Å². The molecule has 6 heteroatoms. The fraction of sp³-hybridized carbons (Fsp3) is 0.786. The molecule has 0 saturated heterocycles. The average molecular weight is 285 g/mol. The third-order valence-corrected chi connectivity index (χ3v) is 3.27. The van der Waals surface area contributed by atoms with Crippen LogP contribution >= 0.6 is 0 Å². The first-order valence-electron chi connectivity index (χ1n) is 7.02. The van der Waals surface area contributed by atoms with Crippen LogP contribution in [0.2, 0.25) is 0 Å². The fourth-order valence-electron chi connectivity index (χ4n) is 1.79. The van der Waals surface area contributed by atoms with Crippen molar-refractivity contribution in [1.29, 1.82) is 0 Å². The molecule has 0 saturated carbocycles. The highest BCUT2D eigenvalue weighted by molar-refractivity contribution is 5.75. The van der Waals surface area contributed by atoms with E-state index in [2.05, 4.69) is 0 Å². The lowest BCUT2D eigenvalue weighted by atomic mass is 10.3. The van der Waals surface area contributed by atoms with Crippen LogP contribution in [0.1, 0.15) is 34.1 Å². The van der Waals surface area contributed by atoms with Crippen molar-refractivity contribution in [3.63, 3.8) is 0 Å². The highest BCUT2D eigenvalue weighted by Gasteiger charge is 2.14. The van der Waals surface area contributed by atoms with Crippen LogP contribution in [0.25, 0.3) is 0 Å². The SMILES string of the molecule is CCCN(CCN(CCN(C)C(C)=O)C(C)=O)C(C)=O. The van der Waals surface area contributed by atoms with Crippen molar-refractivity contribution in [1.82, 2.24) is 14.7 Å². The molecule has 0 aliphatic rings. The van der Waals surface area contributed by atoms with Crippen LogP contribution in [0.5, 0.6) is 0 Å². The molecule has 0 spiro atoms. The van der Waals surface area contributed by atoms with Gasteiger partial charge in [0.05, 0.1) is 0 Å². The summed E-state index contributed by atoms with van der Waals surface area (Å²) < 4.78 is 0. The normalized spacial score (nSPS) is 10.1. The van der Waals surface area contributed by atoms with Gasteiger partial charge in [-0.05, 0) is 6.42 Å².